The van der Waals surface area contributed by atoms with Crippen LogP contribution >= 0.6 is 0 Å². The van der Waals surface area contributed by atoms with Crippen molar-refractivity contribution in [2.45, 2.75) is 31.1 Å². The Bertz CT molecular complexity index is 1150. The summed E-state index contributed by atoms with van der Waals surface area (Å²) < 4.78 is 39.0. The van der Waals surface area contributed by atoms with Crippen molar-refractivity contribution in [1.82, 2.24) is 9.80 Å². The molecule has 4 aliphatic rings. The Hall–Kier alpha value is -2.63. The molecule has 8 nitrogen and oxygen atoms in total. The van der Waals surface area contributed by atoms with Crippen molar-refractivity contribution in [3.05, 3.63) is 53.3 Å². The van der Waals surface area contributed by atoms with E-state index in [-0.39, 0.29) is 59.7 Å². The van der Waals surface area contributed by atoms with Gasteiger partial charge in [0.1, 0.15) is 11.7 Å². The number of β-lactam (4-membered cyclic amide) rings is 1. The van der Waals surface area contributed by atoms with Crippen LogP contribution in [0.2, 0.25) is 0 Å². The third-order valence-corrected chi connectivity index (χ3v) is 6.64. The number of carboxylic acid groups (broad SMARTS) is 1. The molecule has 1 aromatic rings. The Morgan fingerprint density at radius 1 is 1.12 bits per heavy atom. The van der Waals surface area contributed by atoms with Crippen LogP contribution in [0.1, 0.15) is 12.8 Å². The molecule has 5 rings (SSSR count). The maximum atomic E-state index is 13.0. The number of halogens is 3. The van der Waals surface area contributed by atoms with Crippen molar-refractivity contribution in [1.29, 1.82) is 0 Å². The van der Waals surface area contributed by atoms with Crippen LogP contribution in [0.5, 0.6) is 0 Å². The fraction of sp³-hybridized carbons (Fsp3) is 0.364. The van der Waals surface area contributed by atoms with E-state index < -0.39 is 42.0 Å². The van der Waals surface area contributed by atoms with Crippen LogP contribution in [0.3, 0.4) is 0 Å². The van der Waals surface area contributed by atoms with E-state index >= 15 is 0 Å². The molecular weight excluding hydrogens is 466 g/mol. The summed E-state index contributed by atoms with van der Waals surface area (Å²) in [6.45, 7) is 0.0918. The van der Waals surface area contributed by atoms with Crippen molar-refractivity contribution >= 4 is 58.9 Å². The Morgan fingerprint density at radius 3 is 2.41 bits per heavy atom. The van der Waals surface area contributed by atoms with Gasteiger partial charge in [0.05, 0.1) is 6.04 Å². The summed E-state index contributed by atoms with van der Waals surface area (Å²) in [6, 6.07) is 6.82. The van der Waals surface area contributed by atoms with Gasteiger partial charge in [-0.2, -0.15) is 13.2 Å². The number of carbonyl (C=O) groups excluding carboxylic acids is 3. The molecular formula is C22H19F3N3NaO5. The zero-order valence-corrected chi connectivity index (χ0v) is 17.1. The summed E-state index contributed by atoms with van der Waals surface area (Å²) in [4.78, 5) is 52.5. The predicted octanol–water partition coefficient (Wildman–Crippen LogP) is 1.04. The van der Waals surface area contributed by atoms with Crippen LogP contribution in [0, 0.1) is 5.92 Å². The number of benzene rings is 1. The molecule has 0 radical (unpaired) electrons. The van der Waals surface area contributed by atoms with Crippen LogP contribution in [0.4, 0.5) is 18.9 Å². The average molecular weight is 485 g/mol. The number of likely N-dealkylation sites (tertiary alicyclic amines) is 1. The number of anilines is 1. The maximum absolute atomic E-state index is 13.0. The molecule has 4 aliphatic heterocycles. The zero-order valence-electron chi connectivity index (χ0n) is 17.1. The van der Waals surface area contributed by atoms with Crippen LogP contribution in [-0.4, -0.2) is 99.5 Å². The number of hydrogen-bond acceptors (Lipinski definition) is 4. The molecule has 3 saturated heterocycles. The van der Waals surface area contributed by atoms with Crippen molar-refractivity contribution in [2.75, 3.05) is 18.0 Å². The topological polar surface area (TPSA) is 98.2 Å². The number of rotatable bonds is 3. The number of nitrogens with zero attached hydrogens (tertiary/aromatic N) is 3. The van der Waals surface area contributed by atoms with E-state index in [4.69, 9.17) is 0 Å². The van der Waals surface area contributed by atoms with Crippen molar-refractivity contribution in [3.63, 3.8) is 0 Å². The quantitative estimate of drug-likeness (QED) is 0.392. The first kappa shape index (κ1) is 24.5. The fourth-order valence-electron chi connectivity index (χ4n) is 5.29. The number of carboxylic acids is 1. The van der Waals surface area contributed by atoms with Gasteiger partial charge in [-0.3, -0.25) is 19.3 Å². The Morgan fingerprint density at radius 2 is 1.79 bits per heavy atom. The Balaban J connectivity index is 0.00000274. The SMILES string of the molecule is O=C(O)C1=C(/C=C2\CCN(c3ccccc3)C2=O)C[C@@H]2CN(C(=O)C(F)(F)F)[C@@H]3C(=O)N1[C@H]23.[NaH]. The van der Waals surface area contributed by atoms with Gasteiger partial charge in [0.2, 0.25) is 0 Å². The molecule has 0 saturated carbocycles. The average Bonchev–Trinajstić information content (AvgIpc) is 3.31. The molecule has 174 valence electrons. The number of alkyl halides is 3. The Labute approximate surface area is 213 Å². The molecule has 1 N–H and O–H groups in total. The zero-order chi connectivity index (χ0) is 23.7. The number of aliphatic carboxylic acids is 1. The molecule has 0 unspecified atom stereocenters. The van der Waals surface area contributed by atoms with Gasteiger partial charge in [0, 0.05) is 30.3 Å². The molecule has 0 aliphatic carbocycles. The van der Waals surface area contributed by atoms with Gasteiger partial charge in [-0.25, -0.2) is 4.79 Å². The summed E-state index contributed by atoms with van der Waals surface area (Å²) in [7, 11) is 0. The van der Waals surface area contributed by atoms with Gasteiger partial charge < -0.3 is 14.9 Å². The summed E-state index contributed by atoms with van der Waals surface area (Å²) >= 11 is 0. The molecule has 1 aromatic carbocycles. The van der Waals surface area contributed by atoms with Gasteiger partial charge in [-0.1, -0.05) is 18.2 Å². The molecule has 3 amide bonds. The second-order valence-corrected chi connectivity index (χ2v) is 8.45. The summed E-state index contributed by atoms with van der Waals surface area (Å²) in [5, 5.41) is 9.78. The standard InChI is InChI=1S/C22H18F3N3O5.Na.H/c23-22(24,25)21(33)27-10-13-9-12(16(20(31)32)28-15(13)17(27)19(28)30)8-11-6-7-26(18(11)29)14-4-2-1-3-5-14;;/h1-5,8,13,15,17H,6-7,9-10H2,(H,31,32);;/b11-8+;;/t13-,15-,17+;;/m1../s1. The number of para-hydroxylation sites is 1. The second-order valence-electron chi connectivity index (χ2n) is 8.45. The molecule has 3 fully saturated rings. The molecule has 34 heavy (non-hydrogen) atoms. The fourth-order valence-corrected chi connectivity index (χ4v) is 5.29. The molecule has 12 heteroatoms. The number of amides is 3. The van der Waals surface area contributed by atoms with Crippen LogP contribution in [-0.2, 0) is 19.2 Å². The predicted molar refractivity (Wildman–Crippen MR) is 114 cm³/mol. The Kier molecular flexibility index (Phi) is 6.16. The third-order valence-electron chi connectivity index (χ3n) is 6.64. The van der Waals surface area contributed by atoms with E-state index in [0.717, 1.165) is 4.90 Å². The van der Waals surface area contributed by atoms with Crippen LogP contribution < -0.4 is 4.90 Å². The van der Waals surface area contributed by atoms with Crippen molar-refractivity contribution in [2.24, 2.45) is 5.92 Å². The van der Waals surface area contributed by atoms with Crippen molar-refractivity contribution < 1.29 is 37.5 Å². The van der Waals surface area contributed by atoms with Gasteiger partial charge in [-0.05, 0) is 36.6 Å². The minimum atomic E-state index is -5.13. The first-order chi connectivity index (χ1) is 15.6. The molecule has 0 aromatic heterocycles. The molecule has 4 heterocycles. The monoisotopic (exact) mass is 485 g/mol. The van der Waals surface area contributed by atoms with E-state index in [2.05, 4.69) is 0 Å². The number of carbonyl (C=O) groups is 4. The first-order valence-corrected chi connectivity index (χ1v) is 10.3. The van der Waals surface area contributed by atoms with Crippen molar-refractivity contribution in [3.8, 4) is 0 Å². The van der Waals surface area contributed by atoms with Gasteiger partial charge in [0.25, 0.3) is 11.8 Å². The normalized spacial score (nSPS) is 27.1. The van der Waals surface area contributed by atoms with E-state index in [0.29, 0.717) is 29.1 Å². The molecule has 3 atom stereocenters. The summed E-state index contributed by atoms with van der Waals surface area (Å²) in [6.07, 6.45) is -3.27. The van der Waals surface area contributed by atoms with E-state index in [1.807, 2.05) is 6.07 Å². The second kappa shape index (κ2) is 8.54. The van der Waals surface area contributed by atoms with Gasteiger partial charge in [-0.15, -0.1) is 0 Å². The summed E-state index contributed by atoms with van der Waals surface area (Å²) in [5.41, 5.74) is 0.920. The van der Waals surface area contributed by atoms with E-state index in [9.17, 15) is 37.5 Å². The van der Waals surface area contributed by atoms with Crippen LogP contribution in [0.15, 0.2) is 53.3 Å². The molecule has 0 bridgehead atoms. The summed E-state index contributed by atoms with van der Waals surface area (Å²) in [5.74, 6) is -5.20. The number of allylic oxidation sites excluding steroid dienone is 2. The number of hydrogen-bond donors (Lipinski definition) is 1. The van der Waals surface area contributed by atoms with E-state index in [1.54, 1.807) is 29.2 Å². The van der Waals surface area contributed by atoms with Gasteiger partial charge in [0.15, 0.2) is 0 Å². The van der Waals surface area contributed by atoms with Crippen LogP contribution in [0.25, 0.3) is 0 Å². The first-order valence-electron chi connectivity index (χ1n) is 10.3. The molecule has 0 spiro atoms. The third kappa shape index (κ3) is 3.66. The minimum absolute atomic E-state index is 0. The van der Waals surface area contributed by atoms with E-state index in [1.165, 1.54) is 6.08 Å². The van der Waals surface area contributed by atoms with Gasteiger partial charge >= 0.3 is 47.6 Å².